The molecule has 1 saturated heterocycles. The van der Waals surface area contributed by atoms with Crippen LogP contribution in [0.15, 0.2) is 4.52 Å². The van der Waals surface area contributed by atoms with Gasteiger partial charge in [-0.1, -0.05) is 19.0 Å². The van der Waals surface area contributed by atoms with Gasteiger partial charge in [-0.05, 0) is 25.3 Å². The molecule has 0 bridgehead atoms. The number of nitrogens with one attached hydrogen (secondary N) is 2. The Balaban J connectivity index is 1.92. The second-order valence-corrected chi connectivity index (χ2v) is 5.50. The summed E-state index contributed by atoms with van der Waals surface area (Å²) < 4.78 is 5.07. The van der Waals surface area contributed by atoms with Crippen molar-refractivity contribution in [1.29, 1.82) is 0 Å². The van der Waals surface area contributed by atoms with Gasteiger partial charge in [0.15, 0.2) is 0 Å². The average Bonchev–Trinajstić information content (AvgIpc) is 3.08. The highest BCUT2D eigenvalue weighted by Crippen LogP contribution is 2.21. The Labute approximate surface area is 122 Å². The predicted molar refractivity (Wildman–Crippen MR) is 72.6 cm³/mol. The van der Waals surface area contributed by atoms with E-state index < -0.39 is 17.8 Å². The number of hydrogen-bond donors (Lipinski definition) is 3. The van der Waals surface area contributed by atoms with Crippen LogP contribution in [0.3, 0.4) is 0 Å². The minimum atomic E-state index is -0.936. The summed E-state index contributed by atoms with van der Waals surface area (Å²) in [5.41, 5.74) is 0. The van der Waals surface area contributed by atoms with Gasteiger partial charge in [0.25, 0.3) is 11.7 Å². The molecule has 0 spiro atoms. The minimum Gasteiger partial charge on any atom is -0.481 e. The minimum absolute atomic E-state index is 0.00137. The summed E-state index contributed by atoms with van der Waals surface area (Å²) in [5, 5.41) is 18.4. The number of carboxylic acids is 1. The number of carboxylic acid groups (broad SMARTS) is 1. The maximum Gasteiger partial charge on any atom is 0.308 e. The van der Waals surface area contributed by atoms with E-state index in [4.69, 9.17) is 9.63 Å². The third kappa shape index (κ3) is 3.78. The van der Waals surface area contributed by atoms with Crippen LogP contribution in [0.1, 0.15) is 49.2 Å². The lowest BCUT2D eigenvalue weighted by atomic mass is 9.96. The molecule has 0 aliphatic carbocycles. The molecule has 1 fully saturated rings. The third-order valence-electron chi connectivity index (χ3n) is 3.61. The molecule has 3 N–H and O–H groups in total. The highest BCUT2D eigenvalue weighted by molar-refractivity contribution is 5.90. The highest BCUT2D eigenvalue weighted by atomic mass is 16.5. The Hall–Kier alpha value is -1.96. The molecule has 1 aromatic heterocycles. The first-order valence-electron chi connectivity index (χ1n) is 7.07. The number of carbonyl (C=O) groups is 2. The van der Waals surface area contributed by atoms with Gasteiger partial charge in [-0.3, -0.25) is 9.59 Å². The molecule has 0 aromatic carbocycles. The molecule has 116 valence electrons. The first-order valence-corrected chi connectivity index (χ1v) is 7.07. The SMILES string of the molecule is CC(C)C(CNC(=O)c1noc(C2CCCN2)n1)C(=O)O. The topological polar surface area (TPSA) is 117 Å². The van der Waals surface area contributed by atoms with Gasteiger partial charge in [-0.15, -0.1) is 0 Å². The lowest BCUT2D eigenvalue weighted by molar-refractivity contribution is -0.142. The van der Waals surface area contributed by atoms with Crippen molar-refractivity contribution in [3.8, 4) is 0 Å². The molecular weight excluding hydrogens is 276 g/mol. The summed E-state index contributed by atoms with van der Waals surface area (Å²) in [4.78, 5) is 27.0. The van der Waals surface area contributed by atoms with E-state index in [1.54, 1.807) is 13.8 Å². The van der Waals surface area contributed by atoms with E-state index in [0.717, 1.165) is 19.4 Å². The fraction of sp³-hybridized carbons (Fsp3) is 0.692. The molecule has 1 aromatic rings. The maximum absolute atomic E-state index is 11.9. The highest BCUT2D eigenvalue weighted by Gasteiger charge is 2.26. The maximum atomic E-state index is 11.9. The lowest BCUT2D eigenvalue weighted by Gasteiger charge is -2.15. The van der Waals surface area contributed by atoms with Crippen molar-refractivity contribution in [2.45, 2.75) is 32.7 Å². The summed E-state index contributed by atoms with van der Waals surface area (Å²) in [5.74, 6) is -1.84. The first-order chi connectivity index (χ1) is 9.99. The molecule has 8 nitrogen and oxygen atoms in total. The average molecular weight is 296 g/mol. The smallest absolute Gasteiger partial charge is 0.308 e. The number of nitrogens with zero attached hydrogens (tertiary/aromatic N) is 2. The Morgan fingerprint density at radius 3 is 2.86 bits per heavy atom. The van der Waals surface area contributed by atoms with Gasteiger partial charge < -0.3 is 20.3 Å². The Kier molecular flexibility index (Phi) is 4.89. The van der Waals surface area contributed by atoms with E-state index in [-0.39, 0.29) is 24.3 Å². The second kappa shape index (κ2) is 6.66. The van der Waals surface area contributed by atoms with Gasteiger partial charge in [-0.25, -0.2) is 0 Å². The number of rotatable bonds is 6. The molecule has 2 rings (SSSR count). The van der Waals surface area contributed by atoms with Crippen molar-refractivity contribution < 1.29 is 19.2 Å². The zero-order valence-corrected chi connectivity index (χ0v) is 12.1. The molecule has 2 unspecified atom stereocenters. The molecule has 0 radical (unpaired) electrons. The molecule has 8 heteroatoms. The van der Waals surface area contributed by atoms with Crippen molar-refractivity contribution in [2.75, 3.05) is 13.1 Å². The standard InChI is InChI=1S/C13H20N4O4/c1-7(2)8(13(19)20)6-15-11(18)10-16-12(21-17-10)9-4-3-5-14-9/h7-9,14H,3-6H2,1-2H3,(H,15,18)(H,19,20). The van der Waals surface area contributed by atoms with E-state index in [1.807, 2.05) is 0 Å². The molecule has 1 amide bonds. The Bertz CT molecular complexity index is 508. The summed E-state index contributed by atoms with van der Waals surface area (Å²) in [6.45, 7) is 4.52. The third-order valence-corrected chi connectivity index (χ3v) is 3.61. The van der Waals surface area contributed by atoms with Gasteiger partial charge in [0.1, 0.15) is 0 Å². The monoisotopic (exact) mass is 296 g/mol. The van der Waals surface area contributed by atoms with Crippen LogP contribution in [0, 0.1) is 11.8 Å². The molecular formula is C13H20N4O4. The van der Waals surface area contributed by atoms with Gasteiger partial charge >= 0.3 is 5.97 Å². The number of carbonyl (C=O) groups excluding carboxylic acids is 1. The van der Waals surface area contributed by atoms with E-state index in [0.29, 0.717) is 5.89 Å². The van der Waals surface area contributed by atoms with Crippen LogP contribution in [0.5, 0.6) is 0 Å². The van der Waals surface area contributed by atoms with Crippen molar-refractivity contribution in [2.24, 2.45) is 11.8 Å². The molecule has 1 aliphatic heterocycles. The number of aliphatic carboxylic acids is 1. The van der Waals surface area contributed by atoms with Crippen molar-refractivity contribution in [3.63, 3.8) is 0 Å². The van der Waals surface area contributed by atoms with E-state index in [1.165, 1.54) is 0 Å². The summed E-state index contributed by atoms with van der Waals surface area (Å²) in [6.07, 6.45) is 1.93. The molecule has 2 heterocycles. The summed E-state index contributed by atoms with van der Waals surface area (Å²) >= 11 is 0. The summed E-state index contributed by atoms with van der Waals surface area (Å²) in [7, 11) is 0. The zero-order chi connectivity index (χ0) is 15.4. The number of amides is 1. The van der Waals surface area contributed by atoms with E-state index in [2.05, 4.69) is 20.8 Å². The van der Waals surface area contributed by atoms with Crippen molar-refractivity contribution in [1.82, 2.24) is 20.8 Å². The van der Waals surface area contributed by atoms with Gasteiger partial charge in [0.05, 0.1) is 12.0 Å². The largest absolute Gasteiger partial charge is 0.481 e. The zero-order valence-electron chi connectivity index (χ0n) is 12.1. The van der Waals surface area contributed by atoms with Crippen molar-refractivity contribution >= 4 is 11.9 Å². The molecule has 0 saturated carbocycles. The molecule has 1 aliphatic rings. The molecule has 21 heavy (non-hydrogen) atoms. The number of hydrogen-bond acceptors (Lipinski definition) is 6. The van der Waals surface area contributed by atoms with E-state index in [9.17, 15) is 9.59 Å². The normalized spacial score (nSPS) is 19.7. The van der Waals surface area contributed by atoms with Crippen LogP contribution in [0.2, 0.25) is 0 Å². The summed E-state index contributed by atoms with van der Waals surface area (Å²) in [6, 6.07) is 0.00137. The first kappa shape index (κ1) is 15.4. The van der Waals surface area contributed by atoms with Crippen molar-refractivity contribution in [3.05, 3.63) is 11.7 Å². The fourth-order valence-corrected chi connectivity index (χ4v) is 2.25. The van der Waals surface area contributed by atoms with E-state index >= 15 is 0 Å². The van der Waals surface area contributed by atoms with Crippen LogP contribution in [-0.4, -0.2) is 40.2 Å². The van der Waals surface area contributed by atoms with Gasteiger partial charge in [0.2, 0.25) is 5.89 Å². The predicted octanol–water partition coefficient (Wildman–Crippen LogP) is 0.581. The van der Waals surface area contributed by atoms with Gasteiger partial charge in [-0.2, -0.15) is 4.98 Å². The lowest BCUT2D eigenvalue weighted by Crippen LogP contribution is -2.36. The van der Waals surface area contributed by atoms with Crippen LogP contribution in [0.25, 0.3) is 0 Å². The Morgan fingerprint density at radius 2 is 2.29 bits per heavy atom. The second-order valence-electron chi connectivity index (χ2n) is 5.50. The van der Waals surface area contributed by atoms with Crippen LogP contribution >= 0.6 is 0 Å². The van der Waals surface area contributed by atoms with Crippen LogP contribution < -0.4 is 10.6 Å². The van der Waals surface area contributed by atoms with Crippen LogP contribution in [0.4, 0.5) is 0 Å². The number of aromatic nitrogens is 2. The van der Waals surface area contributed by atoms with Crippen LogP contribution in [-0.2, 0) is 4.79 Å². The Morgan fingerprint density at radius 1 is 1.52 bits per heavy atom. The fourth-order valence-electron chi connectivity index (χ4n) is 2.25. The molecule has 2 atom stereocenters. The quantitative estimate of drug-likeness (QED) is 0.702. The van der Waals surface area contributed by atoms with Gasteiger partial charge in [0, 0.05) is 6.54 Å².